The van der Waals surface area contributed by atoms with Crippen LogP contribution in [0.1, 0.15) is 53.4 Å². The second-order valence-corrected chi connectivity index (χ2v) is 3.37. The van der Waals surface area contributed by atoms with E-state index in [1.54, 1.807) is 0 Å². The second-order valence-electron chi connectivity index (χ2n) is 3.37. The lowest BCUT2D eigenvalue weighted by Crippen LogP contribution is -2.08. The maximum Gasteiger partial charge on any atom is -0.0195 e. The summed E-state index contributed by atoms with van der Waals surface area (Å²) in [5, 5.41) is 0. The van der Waals surface area contributed by atoms with Gasteiger partial charge in [-0.3, -0.25) is 0 Å². The van der Waals surface area contributed by atoms with E-state index in [1.807, 2.05) is 13.8 Å². The quantitative estimate of drug-likeness (QED) is 0.596. The van der Waals surface area contributed by atoms with Crippen LogP contribution in [0.2, 0.25) is 0 Å². The fraction of sp³-hybridized carbons (Fsp3) is 1.00. The molecular weight excluding hydrogens is 146 g/mol. The lowest BCUT2D eigenvalue weighted by molar-refractivity contribution is 0.308. The molecule has 0 aromatic carbocycles. The van der Waals surface area contributed by atoms with E-state index in [9.17, 15) is 0 Å². The van der Waals surface area contributed by atoms with E-state index in [4.69, 9.17) is 0 Å². The van der Waals surface area contributed by atoms with Crippen molar-refractivity contribution >= 4 is 0 Å². The zero-order chi connectivity index (χ0) is 9.98. The summed E-state index contributed by atoms with van der Waals surface area (Å²) < 4.78 is 0. The Morgan fingerprint density at radius 1 is 0.750 bits per heavy atom. The minimum Gasteiger partial charge on any atom is -0.333 e. The van der Waals surface area contributed by atoms with Gasteiger partial charge in [-0.1, -0.05) is 53.4 Å². The van der Waals surface area contributed by atoms with Crippen LogP contribution >= 0.6 is 0 Å². The van der Waals surface area contributed by atoms with Crippen LogP contribution in [0.4, 0.5) is 0 Å². The third-order valence-corrected chi connectivity index (χ3v) is 2.30. The van der Waals surface area contributed by atoms with Crippen molar-refractivity contribution in [3.05, 3.63) is 0 Å². The normalized spacial score (nSPS) is 27.5. The summed E-state index contributed by atoms with van der Waals surface area (Å²) in [7, 11) is 1.50. The Bertz CT molecular complexity index is 53.4. The predicted molar refractivity (Wildman–Crippen MR) is 58.3 cm³/mol. The Kier molecular flexibility index (Phi) is 13.2. The molecule has 2 N–H and O–H groups in total. The molecule has 76 valence electrons. The van der Waals surface area contributed by atoms with Gasteiger partial charge in [0.2, 0.25) is 0 Å². The molecule has 1 fully saturated rings. The Morgan fingerprint density at radius 2 is 0.917 bits per heavy atom. The second kappa shape index (κ2) is 11.0. The highest BCUT2D eigenvalue weighted by atomic mass is 14.4. The van der Waals surface area contributed by atoms with E-state index in [2.05, 4.69) is 19.6 Å². The van der Waals surface area contributed by atoms with E-state index < -0.39 is 0 Å². The molecule has 12 heavy (non-hydrogen) atoms. The molecule has 1 heteroatoms. The smallest absolute Gasteiger partial charge is 0.0195 e. The molecule has 1 nitrogen and oxygen atoms in total. The van der Waals surface area contributed by atoms with Crippen molar-refractivity contribution in [3.8, 4) is 0 Å². The lowest BCUT2D eigenvalue weighted by Gasteiger charge is -2.22. The molecule has 0 aromatic rings. The van der Waals surface area contributed by atoms with Gasteiger partial charge in [0.25, 0.3) is 0 Å². The molecule has 1 aliphatic carbocycles. The van der Waals surface area contributed by atoms with Gasteiger partial charge in [-0.15, -0.1) is 0 Å². The fourth-order valence-corrected chi connectivity index (χ4v) is 1.43. The van der Waals surface area contributed by atoms with Gasteiger partial charge >= 0.3 is 0 Å². The minimum atomic E-state index is 1.02. The van der Waals surface area contributed by atoms with Gasteiger partial charge in [0.1, 0.15) is 0 Å². The average Bonchev–Trinajstić information content (AvgIpc) is 2.17. The van der Waals surface area contributed by atoms with Crippen molar-refractivity contribution in [1.29, 1.82) is 0 Å². The summed E-state index contributed by atoms with van der Waals surface area (Å²) >= 11 is 0. The third-order valence-electron chi connectivity index (χ3n) is 2.30. The van der Waals surface area contributed by atoms with Crippen LogP contribution in [0.3, 0.4) is 0 Å². The van der Waals surface area contributed by atoms with E-state index >= 15 is 0 Å². The number of nitrogens with two attached hydrogens (primary N) is 1. The van der Waals surface area contributed by atoms with E-state index in [-0.39, 0.29) is 0 Å². The van der Waals surface area contributed by atoms with Crippen molar-refractivity contribution in [2.45, 2.75) is 53.4 Å². The first kappa shape index (κ1) is 14.5. The highest BCUT2D eigenvalue weighted by Gasteiger charge is 2.13. The van der Waals surface area contributed by atoms with Crippen molar-refractivity contribution in [2.75, 3.05) is 7.05 Å². The maximum absolute atomic E-state index is 4.50. The molecule has 0 atom stereocenters. The van der Waals surface area contributed by atoms with Crippen LogP contribution in [0, 0.1) is 11.8 Å². The molecule has 0 spiro atoms. The molecule has 1 saturated carbocycles. The monoisotopic (exact) mass is 173 g/mol. The van der Waals surface area contributed by atoms with Crippen LogP contribution in [-0.4, -0.2) is 7.05 Å². The third kappa shape index (κ3) is 8.06. The van der Waals surface area contributed by atoms with Gasteiger partial charge in [0.15, 0.2) is 0 Å². The van der Waals surface area contributed by atoms with E-state index in [0.717, 1.165) is 11.8 Å². The summed E-state index contributed by atoms with van der Waals surface area (Å²) in [6, 6.07) is 0. The molecule has 0 radical (unpaired) electrons. The Hall–Kier alpha value is -0.0400. The first-order valence-electron chi connectivity index (χ1n) is 5.37. The van der Waals surface area contributed by atoms with Crippen molar-refractivity contribution in [2.24, 2.45) is 17.6 Å². The molecule has 0 amide bonds. The predicted octanol–water partition coefficient (Wildman–Crippen LogP) is 3.43. The molecule has 1 rings (SSSR count). The van der Waals surface area contributed by atoms with Gasteiger partial charge in [-0.25, -0.2) is 0 Å². The van der Waals surface area contributed by atoms with Crippen LogP contribution in [-0.2, 0) is 0 Å². The van der Waals surface area contributed by atoms with Crippen molar-refractivity contribution < 1.29 is 0 Å². The standard InChI is InChI=1S/C8H16.C2H6.CH5N/c1-7-3-5-8(2)6-4-7;2*1-2/h7-8H,3-6H2,1-2H3;1-2H3;2H2,1H3. The lowest BCUT2D eigenvalue weighted by atomic mass is 9.84. The van der Waals surface area contributed by atoms with Gasteiger partial charge < -0.3 is 5.73 Å². The van der Waals surface area contributed by atoms with E-state index in [0.29, 0.717) is 0 Å². The number of hydrogen-bond donors (Lipinski definition) is 1. The van der Waals surface area contributed by atoms with Crippen LogP contribution < -0.4 is 5.73 Å². The molecule has 0 aliphatic heterocycles. The van der Waals surface area contributed by atoms with Gasteiger partial charge in [-0.05, 0) is 18.9 Å². The highest BCUT2D eigenvalue weighted by Crippen LogP contribution is 2.27. The topological polar surface area (TPSA) is 26.0 Å². The minimum absolute atomic E-state index is 1.02. The molecule has 0 bridgehead atoms. The molecular formula is C11H27N. The summed E-state index contributed by atoms with van der Waals surface area (Å²) in [6.45, 7) is 8.73. The van der Waals surface area contributed by atoms with Crippen LogP contribution in [0.5, 0.6) is 0 Å². The van der Waals surface area contributed by atoms with Crippen LogP contribution in [0.15, 0.2) is 0 Å². The van der Waals surface area contributed by atoms with Gasteiger partial charge in [0.05, 0.1) is 0 Å². The summed E-state index contributed by atoms with van der Waals surface area (Å²) in [5.41, 5.74) is 4.50. The number of hydrogen-bond acceptors (Lipinski definition) is 1. The van der Waals surface area contributed by atoms with Crippen molar-refractivity contribution in [1.82, 2.24) is 0 Å². The Balaban J connectivity index is 0. The summed E-state index contributed by atoms with van der Waals surface area (Å²) in [4.78, 5) is 0. The molecule has 0 aromatic heterocycles. The zero-order valence-corrected chi connectivity index (χ0v) is 9.56. The largest absolute Gasteiger partial charge is 0.333 e. The van der Waals surface area contributed by atoms with Crippen molar-refractivity contribution in [3.63, 3.8) is 0 Å². The first-order valence-corrected chi connectivity index (χ1v) is 5.37. The summed E-state index contributed by atoms with van der Waals surface area (Å²) in [5.74, 6) is 2.04. The average molecular weight is 173 g/mol. The first-order chi connectivity index (χ1) is 5.79. The Labute approximate surface area is 78.7 Å². The number of rotatable bonds is 0. The van der Waals surface area contributed by atoms with Crippen LogP contribution in [0.25, 0.3) is 0 Å². The maximum atomic E-state index is 4.50. The molecule has 0 unspecified atom stereocenters. The molecule has 0 heterocycles. The SMILES string of the molecule is CC.CC1CCC(C)CC1.CN. The van der Waals surface area contributed by atoms with Gasteiger partial charge in [0, 0.05) is 0 Å². The molecule has 1 aliphatic rings. The van der Waals surface area contributed by atoms with E-state index in [1.165, 1.54) is 32.7 Å². The fourth-order valence-electron chi connectivity index (χ4n) is 1.43. The van der Waals surface area contributed by atoms with Gasteiger partial charge in [-0.2, -0.15) is 0 Å². The highest BCUT2D eigenvalue weighted by molar-refractivity contribution is 4.65. The summed E-state index contributed by atoms with van der Waals surface area (Å²) in [6.07, 6.45) is 5.89. The molecule has 0 saturated heterocycles. The zero-order valence-electron chi connectivity index (χ0n) is 9.56. The Morgan fingerprint density at radius 3 is 1.08 bits per heavy atom.